The highest BCUT2D eigenvalue weighted by Gasteiger charge is 2.85. The first-order valence-corrected chi connectivity index (χ1v) is 10.0. The summed E-state index contributed by atoms with van der Waals surface area (Å²) in [6.07, 6.45) is 3.63. The van der Waals surface area contributed by atoms with Crippen LogP contribution in [-0.2, 0) is 28.6 Å². The van der Waals surface area contributed by atoms with Gasteiger partial charge >= 0.3 is 17.9 Å². The number of carbonyl (C=O) groups excluding carboxylic acids is 3. The highest BCUT2D eigenvalue weighted by atomic mass is 16.6. The van der Waals surface area contributed by atoms with Crippen molar-refractivity contribution in [1.82, 2.24) is 0 Å². The lowest BCUT2D eigenvalue weighted by molar-refractivity contribution is -0.171. The molecule has 0 amide bonds. The molecule has 7 atom stereocenters. The van der Waals surface area contributed by atoms with Crippen LogP contribution in [-0.4, -0.2) is 48.4 Å². The molecule has 5 rings (SSSR count). The zero-order valence-electron chi connectivity index (χ0n) is 16.3. The maximum atomic E-state index is 13.1. The summed E-state index contributed by atoms with van der Waals surface area (Å²) in [5, 5.41) is 11.1. The lowest BCUT2D eigenvalue weighted by Crippen LogP contribution is -2.52. The van der Waals surface area contributed by atoms with Crippen LogP contribution in [0.25, 0.3) is 0 Å². The number of methoxy groups -OCH3 is 2. The van der Waals surface area contributed by atoms with Gasteiger partial charge in [0.25, 0.3) is 0 Å². The van der Waals surface area contributed by atoms with Gasteiger partial charge in [-0.15, -0.1) is 0 Å². The molecule has 4 aliphatic carbocycles. The van der Waals surface area contributed by atoms with Gasteiger partial charge < -0.3 is 19.3 Å². The second-order valence-electron chi connectivity index (χ2n) is 9.45. The van der Waals surface area contributed by atoms with Crippen LogP contribution in [0.2, 0.25) is 0 Å². The molecule has 7 nitrogen and oxygen atoms in total. The summed E-state index contributed by atoms with van der Waals surface area (Å²) in [5.74, 6) is -3.07. The van der Waals surface area contributed by atoms with Crippen LogP contribution < -0.4 is 0 Å². The number of fused-ring (bicyclic) bond motifs is 1. The van der Waals surface area contributed by atoms with Gasteiger partial charge in [-0.05, 0) is 55.9 Å². The third kappa shape index (κ3) is 1.66. The van der Waals surface area contributed by atoms with E-state index in [2.05, 4.69) is 6.58 Å². The fraction of sp³-hybridized carbons (Fsp3) is 0.762. The molecule has 1 aliphatic heterocycles. The predicted octanol–water partition coefficient (Wildman–Crippen LogP) is 1.52. The van der Waals surface area contributed by atoms with E-state index in [-0.39, 0.29) is 5.92 Å². The van der Waals surface area contributed by atoms with E-state index in [9.17, 15) is 19.5 Å². The lowest BCUT2D eigenvalue weighted by atomic mass is 9.59. The van der Waals surface area contributed by atoms with Crippen molar-refractivity contribution in [2.75, 3.05) is 14.2 Å². The van der Waals surface area contributed by atoms with Crippen molar-refractivity contribution in [3.8, 4) is 0 Å². The summed E-state index contributed by atoms with van der Waals surface area (Å²) in [5.41, 5.74) is -3.23. The molecule has 1 heterocycles. The fourth-order valence-electron chi connectivity index (χ4n) is 7.98. The molecule has 5 fully saturated rings. The van der Waals surface area contributed by atoms with Crippen LogP contribution in [0, 0.1) is 28.6 Å². The molecule has 1 spiro atoms. The van der Waals surface area contributed by atoms with Gasteiger partial charge in [0.2, 0.25) is 0 Å². The Bertz CT molecular complexity index is 820. The number of aliphatic hydroxyl groups is 1. The third-order valence-electron chi connectivity index (χ3n) is 8.75. The van der Waals surface area contributed by atoms with Gasteiger partial charge in [0.05, 0.1) is 25.7 Å². The minimum Gasteiger partial charge on any atom is -0.469 e. The average molecular weight is 390 g/mol. The van der Waals surface area contributed by atoms with E-state index in [0.717, 1.165) is 5.57 Å². The van der Waals surface area contributed by atoms with E-state index in [1.807, 2.05) is 0 Å². The largest absolute Gasteiger partial charge is 0.469 e. The molecule has 7 unspecified atom stereocenters. The molecule has 4 bridgehead atoms. The minimum atomic E-state index is -1.47. The fourth-order valence-corrected chi connectivity index (χ4v) is 7.98. The van der Waals surface area contributed by atoms with E-state index in [4.69, 9.17) is 14.2 Å². The molecule has 0 radical (unpaired) electrons. The SMILES string of the molecule is C=C1CC23CC1(O)CCC2C12CCCC(C(=O)OC)(C(=O)O1)C2C3C(=O)OC. The molecular formula is C21H26O7. The first kappa shape index (κ1) is 18.2. The Kier molecular flexibility index (Phi) is 3.36. The van der Waals surface area contributed by atoms with Gasteiger partial charge in [-0.3, -0.25) is 14.4 Å². The van der Waals surface area contributed by atoms with Crippen LogP contribution in [0.4, 0.5) is 0 Å². The first-order valence-electron chi connectivity index (χ1n) is 10.0. The molecule has 152 valence electrons. The van der Waals surface area contributed by atoms with Crippen LogP contribution >= 0.6 is 0 Å². The molecule has 0 aromatic rings. The molecular weight excluding hydrogens is 364 g/mol. The van der Waals surface area contributed by atoms with Crippen LogP contribution in [0.1, 0.15) is 44.9 Å². The molecule has 0 aromatic heterocycles. The second kappa shape index (κ2) is 5.17. The van der Waals surface area contributed by atoms with E-state index < -0.39 is 51.8 Å². The standard InChI is InChI=1S/C21H26O7/c1-11-9-18-10-19(11,25)8-5-12(18)21-7-4-6-20(16(23)27-3,17(24)28-21)14(21)13(18)15(22)26-2/h12-14,25H,1,4-10H2,2-3H3. The zero-order chi connectivity index (χ0) is 20.1. The van der Waals surface area contributed by atoms with Gasteiger partial charge in [0, 0.05) is 11.8 Å². The Labute approximate surface area is 163 Å². The van der Waals surface area contributed by atoms with E-state index in [0.29, 0.717) is 44.9 Å². The normalized spacial score (nSPS) is 50.6. The predicted molar refractivity (Wildman–Crippen MR) is 94.6 cm³/mol. The monoisotopic (exact) mass is 390 g/mol. The van der Waals surface area contributed by atoms with Gasteiger partial charge in [-0.25, -0.2) is 0 Å². The summed E-state index contributed by atoms with van der Waals surface area (Å²) < 4.78 is 16.3. The Morgan fingerprint density at radius 2 is 1.96 bits per heavy atom. The summed E-state index contributed by atoms with van der Waals surface area (Å²) >= 11 is 0. The van der Waals surface area contributed by atoms with Crippen molar-refractivity contribution >= 4 is 17.9 Å². The smallest absolute Gasteiger partial charge is 0.324 e. The average Bonchev–Trinajstić information content (AvgIpc) is 3.07. The van der Waals surface area contributed by atoms with E-state index in [1.165, 1.54) is 14.2 Å². The number of rotatable bonds is 2. The van der Waals surface area contributed by atoms with Crippen molar-refractivity contribution in [3.05, 3.63) is 12.2 Å². The Balaban J connectivity index is 1.76. The maximum absolute atomic E-state index is 13.1. The molecule has 0 aromatic carbocycles. The maximum Gasteiger partial charge on any atom is 0.324 e. The van der Waals surface area contributed by atoms with Gasteiger partial charge in [-0.2, -0.15) is 0 Å². The molecule has 1 saturated heterocycles. The molecule has 7 heteroatoms. The van der Waals surface area contributed by atoms with Crippen LogP contribution in [0.5, 0.6) is 0 Å². The third-order valence-corrected chi connectivity index (χ3v) is 8.75. The zero-order valence-corrected chi connectivity index (χ0v) is 16.3. The van der Waals surface area contributed by atoms with Crippen molar-refractivity contribution in [2.45, 2.75) is 56.1 Å². The molecule has 1 N–H and O–H groups in total. The highest BCUT2D eigenvalue weighted by molar-refractivity contribution is 6.03. The minimum absolute atomic E-state index is 0.107. The number of hydrogen-bond donors (Lipinski definition) is 1. The number of ether oxygens (including phenoxy) is 3. The van der Waals surface area contributed by atoms with Crippen molar-refractivity contribution < 1.29 is 33.7 Å². The van der Waals surface area contributed by atoms with Gasteiger partial charge in [0.1, 0.15) is 5.60 Å². The summed E-state index contributed by atoms with van der Waals surface area (Å²) in [6.45, 7) is 4.10. The first-order chi connectivity index (χ1) is 13.2. The molecule has 5 aliphatic rings. The molecule has 4 saturated carbocycles. The summed E-state index contributed by atoms with van der Waals surface area (Å²) in [4.78, 5) is 39.2. The van der Waals surface area contributed by atoms with Gasteiger partial charge in [-0.1, -0.05) is 6.58 Å². The quantitative estimate of drug-likeness (QED) is 0.330. The van der Waals surface area contributed by atoms with Crippen LogP contribution in [0.15, 0.2) is 12.2 Å². The summed E-state index contributed by atoms with van der Waals surface area (Å²) in [7, 11) is 2.60. The molecule has 28 heavy (non-hydrogen) atoms. The Morgan fingerprint density at radius 1 is 1.21 bits per heavy atom. The van der Waals surface area contributed by atoms with Crippen molar-refractivity contribution in [2.24, 2.45) is 28.6 Å². The van der Waals surface area contributed by atoms with Crippen molar-refractivity contribution in [1.29, 1.82) is 0 Å². The van der Waals surface area contributed by atoms with E-state index in [1.54, 1.807) is 0 Å². The van der Waals surface area contributed by atoms with Gasteiger partial charge in [0.15, 0.2) is 5.41 Å². The highest BCUT2D eigenvalue weighted by Crippen LogP contribution is 2.78. The number of esters is 3. The number of carbonyl (C=O) groups is 3. The topological polar surface area (TPSA) is 99.1 Å². The van der Waals surface area contributed by atoms with E-state index >= 15 is 0 Å². The van der Waals surface area contributed by atoms with Crippen LogP contribution in [0.3, 0.4) is 0 Å². The number of hydrogen-bond acceptors (Lipinski definition) is 7. The summed E-state index contributed by atoms with van der Waals surface area (Å²) in [6, 6.07) is 0. The lowest BCUT2D eigenvalue weighted by Gasteiger charge is -2.45. The Morgan fingerprint density at radius 3 is 2.64 bits per heavy atom. The Hall–Kier alpha value is -1.89. The second-order valence-corrected chi connectivity index (χ2v) is 9.45. The van der Waals surface area contributed by atoms with Crippen molar-refractivity contribution in [3.63, 3.8) is 0 Å².